The van der Waals surface area contributed by atoms with Crippen LogP contribution in [0, 0.1) is 10.1 Å². The van der Waals surface area contributed by atoms with E-state index in [0.29, 0.717) is 0 Å². The Morgan fingerprint density at radius 1 is 1.40 bits per heavy atom. The highest BCUT2D eigenvalue weighted by Crippen LogP contribution is 2.19. The van der Waals surface area contributed by atoms with Crippen molar-refractivity contribution in [1.29, 1.82) is 0 Å². The van der Waals surface area contributed by atoms with Gasteiger partial charge < -0.3 is 5.11 Å². The minimum atomic E-state index is -4.07. The molecule has 0 heterocycles. The Kier molecular flexibility index (Phi) is 4.46. The molecule has 2 N–H and O–H groups in total. The fourth-order valence-corrected chi connectivity index (χ4v) is 2.81. The summed E-state index contributed by atoms with van der Waals surface area (Å²) in [6.07, 6.45) is 0.0501. The van der Waals surface area contributed by atoms with E-state index in [1.807, 2.05) is 0 Å². The maximum atomic E-state index is 12.0. The van der Waals surface area contributed by atoms with Crippen LogP contribution in [-0.4, -0.2) is 30.0 Å². The number of carbonyl (C=O) groups is 1. The molecular weight excluding hydrogens is 288 g/mol. The van der Waals surface area contributed by atoms with Crippen LogP contribution in [0.2, 0.25) is 0 Å². The third kappa shape index (κ3) is 3.31. The average molecular weight is 302 g/mol. The number of sulfonamides is 1. The lowest BCUT2D eigenvalue weighted by Crippen LogP contribution is -2.51. The molecule has 0 saturated heterocycles. The first-order valence-electron chi connectivity index (χ1n) is 5.64. The number of nitro benzene ring substituents is 1. The van der Waals surface area contributed by atoms with Gasteiger partial charge in [0.15, 0.2) is 0 Å². The molecule has 0 spiro atoms. The van der Waals surface area contributed by atoms with Crippen LogP contribution in [0.25, 0.3) is 0 Å². The Hall–Kier alpha value is -2.00. The van der Waals surface area contributed by atoms with Crippen LogP contribution < -0.4 is 4.72 Å². The summed E-state index contributed by atoms with van der Waals surface area (Å²) < 4.78 is 26.2. The number of aliphatic carboxylic acids is 1. The van der Waals surface area contributed by atoms with Gasteiger partial charge in [-0.05, 0) is 25.5 Å². The molecule has 0 radical (unpaired) electrons. The number of nitro groups is 1. The van der Waals surface area contributed by atoms with Crippen molar-refractivity contribution in [2.24, 2.45) is 0 Å². The largest absolute Gasteiger partial charge is 0.480 e. The van der Waals surface area contributed by atoms with Gasteiger partial charge in [0.2, 0.25) is 10.0 Å². The second-order valence-electron chi connectivity index (χ2n) is 4.35. The number of hydrogen-bond acceptors (Lipinski definition) is 5. The normalized spacial score (nSPS) is 14.5. The summed E-state index contributed by atoms with van der Waals surface area (Å²) in [6.45, 7) is 2.78. The van der Waals surface area contributed by atoms with Crippen LogP contribution in [0.4, 0.5) is 5.69 Å². The lowest BCUT2D eigenvalue weighted by atomic mass is 10.0. The molecular formula is C11H14N2O6S. The van der Waals surface area contributed by atoms with E-state index in [9.17, 15) is 23.3 Å². The number of hydrogen-bond donors (Lipinski definition) is 2. The number of carboxylic acids is 1. The van der Waals surface area contributed by atoms with Gasteiger partial charge in [-0.1, -0.05) is 6.92 Å². The molecule has 0 aliphatic rings. The molecule has 1 aromatic rings. The first-order chi connectivity index (χ1) is 9.12. The number of non-ortho nitro benzene ring substituents is 1. The molecule has 0 aliphatic heterocycles. The zero-order valence-corrected chi connectivity index (χ0v) is 11.7. The predicted octanol–water partition coefficient (Wildman–Crippen LogP) is 1.13. The van der Waals surface area contributed by atoms with Gasteiger partial charge in [0.05, 0.1) is 9.82 Å². The van der Waals surface area contributed by atoms with Crippen molar-refractivity contribution in [2.75, 3.05) is 0 Å². The molecule has 0 saturated carbocycles. The molecule has 110 valence electrons. The molecule has 1 aromatic carbocycles. The van der Waals surface area contributed by atoms with Crippen LogP contribution >= 0.6 is 0 Å². The fourth-order valence-electron chi connectivity index (χ4n) is 1.37. The van der Waals surface area contributed by atoms with Crippen molar-refractivity contribution >= 4 is 21.7 Å². The first-order valence-corrected chi connectivity index (χ1v) is 7.12. The number of rotatable bonds is 6. The van der Waals surface area contributed by atoms with Crippen LogP contribution in [-0.2, 0) is 14.8 Å². The quantitative estimate of drug-likeness (QED) is 0.599. The lowest BCUT2D eigenvalue weighted by molar-refractivity contribution is -0.384. The second-order valence-corrected chi connectivity index (χ2v) is 6.03. The highest BCUT2D eigenvalue weighted by atomic mass is 32.2. The van der Waals surface area contributed by atoms with Gasteiger partial charge in [0.1, 0.15) is 5.54 Å². The van der Waals surface area contributed by atoms with Crippen molar-refractivity contribution in [3.8, 4) is 0 Å². The predicted molar refractivity (Wildman–Crippen MR) is 69.7 cm³/mol. The Morgan fingerprint density at radius 3 is 2.25 bits per heavy atom. The van der Waals surface area contributed by atoms with E-state index in [2.05, 4.69) is 4.72 Å². The van der Waals surface area contributed by atoms with Crippen molar-refractivity contribution in [2.45, 2.75) is 30.7 Å². The van der Waals surface area contributed by atoms with Crippen molar-refractivity contribution in [3.63, 3.8) is 0 Å². The topological polar surface area (TPSA) is 127 Å². The number of nitrogens with zero attached hydrogens (tertiary/aromatic N) is 1. The Morgan fingerprint density at radius 2 is 1.90 bits per heavy atom. The zero-order valence-electron chi connectivity index (χ0n) is 10.9. The van der Waals surface area contributed by atoms with Crippen LogP contribution in [0.5, 0.6) is 0 Å². The molecule has 0 amide bonds. The standard InChI is InChI=1S/C11H14N2O6S/c1-3-11(2,10(14)15)12-20(18,19)9-6-4-8(5-7-9)13(16)17/h4-7,12H,3H2,1-2H3,(H,14,15). The second kappa shape index (κ2) is 5.55. The van der Waals surface area contributed by atoms with Gasteiger partial charge in [-0.3, -0.25) is 14.9 Å². The van der Waals surface area contributed by atoms with E-state index in [-0.39, 0.29) is 17.0 Å². The molecule has 20 heavy (non-hydrogen) atoms. The number of carboxylic acid groups (broad SMARTS) is 1. The molecule has 0 fully saturated rings. The highest BCUT2D eigenvalue weighted by molar-refractivity contribution is 7.89. The van der Waals surface area contributed by atoms with Crippen LogP contribution in [0.15, 0.2) is 29.2 Å². The fraction of sp³-hybridized carbons (Fsp3) is 0.364. The Balaban J connectivity index is 3.11. The minimum absolute atomic E-state index is 0.0501. The summed E-state index contributed by atoms with van der Waals surface area (Å²) in [4.78, 5) is 20.7. The smallest absolute Gasteiger partial charge is 0.324 e. The van der Waals surface area contributed by atoms with E-state index in [0.717, 1.165) is 24.3 Å². The Bertz CT molecular complexity index is 625. The first kappa shape index (κ1) is 16.1. The third-order valence-corrected chi connectivity index (χ3v) is 4.51. The van der Waals surface area contributed by atoms with Crippen molar-refractivity contribution in [1.82, 2.24) is 4.72 Å². The molecule has 0 aliphatic carbocycles. The van der Waals surface area contributed by atoms with Gasteiger partial charge in [-0.25, -0.2) is 8.42 Å². The minimum Gasteiger partial charge on any atom is -0.480 e. The van der Waals surface area contributed by atoms with E-state index < -0.39 is 26.5 Å². The zero-order chi connectivity index (χ0) is 15.6. The summed E-state index contributed by atoms with van der Waals surface area (Å²) in [5.41, 5.74) is -1.89. The van der Waals surface area contributed by atoms with Gasteiger partial charge in [-0.2, -0.15) is 4.72 Å². The molecule has 0 aromatic heterocycles. The van der Waals surface area contributed by atoms with E-state index >= 15 is 0 Å². The van der Waals surface area contributed by atoms with Crippen LogP contribution in [0.3, 0.4) is 0 Å². The van der Waals surface area contributed by atoms with E-state index in [1.54, 1.807) is 0 Å². The van der Waals surface area contributed by atoms with Gasteiger partial charge in [0, 0.05) is 12.1 Å². The molecule has 1 atom stereocenters. The van der Waals surface area contributed by atoms with E-state index in [4.69, 9.17) is 5.11 Å². The van der Waals surface area contributed by atoms with Crippen molar-refractivity contribution in [3.05, 3.63) is 34.4 Å². The summed E-state index contributed by atoms with van der Waals surface area (Å²) in [7, 11) is -4.07. The lowest BCUT2D eigenvalue weighted by Gasteiger charge is -2.24. The number of benzene rings is 1. The van der Waals surface area contributed by atoms with Gasteiger partial charge in [-0.15, -0.1) is 0 Å². The summed E-state index contributed by atoms with van der Waals surface area (Å²) >= 11 is 0. The SMILES string of the molecule is CCC(C)(NS(=O)(=O)c1ccc([N+](=O)[O-])cc1)C(=O)O. The van der Waals surface area contributed by atoms with Gasteiger partial charge >= 0.3 is 5.97 Å². The molecule has 1 rings (SSSR count). The average Bonchev–Trinajstić information content (AvgIpc) is 2.38. The third-order valence-electron chi connectivity index (χ3n) is 2.90. The maximum Gasteiger partial charge on any atom is 0.324 e. The molecule has 8 nitrogen and oxygen atoms in total. The summed E-state index contributed by atoms with van der Waals surface area (Å²) in [6, 6.07) is 4.19. The van der Waals surface area contributed by atoms with E-state index in [1.165, 1.54) is 13.8 Å². The summed E-state index contributed by atoms with van der Waals surface area (Å²) in [5, 5.41) is 19.5. The number of nitrogens with one attached hydrogen (secondary N) is 1. The van der Waals surface area contributed by atoms with Crippen molar-refractivity contribution < 1.29 is 23.2 Å². The Labute approximate surface area is 115 Å². The maximum absolute atomic E-state index is 12.0. The van der Waals surface area contributed by atoms with Gasteiger partial charge in [0.25, 0.3) is 5.69 Å². The molecule has 1 unspecified atom stereocenters. The molecule has 0 bridgehead atoms. The molecule has 9 heteroatoms. The summed E-state index contributed by atoms with van der Waals surface area (Å²) in [5.74, 6) is -1.30. The monoisotopic (exact) mass is 302 g/mol. The van der Waals surface area contributed by atoms with Crippen LogP contribution in [0.1, 0.15) is 20.3 Å². The highest BCUT2D eigenvalue weighted by Gasteiger charge is 2.36.